The van der Waals surface area contributed by atoms with E-state index in [0.717, 1.165) is 31.9 Å². The Kier molecular flexibility index (Phi) is 7.02. The number of likely N-dealkylation sites (N-methyl/N-ethyl adjacent to an activating group) is 1. The van der Waals surface area contributed by atoms with Crippen molar-refractivity contribution in [3.63, 3.8) is 0 Å². The van der Waals surface area contributed by atoms with Gasteiger partial charge in [0.2, 0.25) is 5.91 Å². The molecule has 3 fully saturated rings. The summed E-state index contributed by atoms with van der Waals surface area (Å²) >= 11 is 0. The highest BCUT2D eigenvalue weighted by Crippen LogP contribution is 2.32. The Morgan fingerprint density at radius 1 is 1.17 bits per heavy atom. The quantitative estimate of drug-likeness (QED) is 0.383. The van der Waals surface area contributed by atoms with Gasteiger partial charge in [-0.1, -0.05) is 25.9 Å². The summed E-state index contributed by atoms with van der Waals surface area (Å²) in [6.07, 6.45) is -0.652. The fourth-order valence-electron chi connectivity index (χ4n) is 4.94. The van der Waals surface area contributed by atoms with Gasteiger partial charge in [-0.2, -0.15) is 0 Å². The number of ether oxygens (including phenoxy) is 1. The van der Waals surface area contributed by atoms with Crippen molar-refractivity contribution in [2.45, 2.75) is 45.0 Å². The first-order chi connectivity index (χ1) is 16.6. The molecule has 1 N–H and O–H groups in total. The summed E-state index contributed by atoms with van der Waals surface area (Å²) in [6, 6.07) is 5.07. The zero-order valence-electron chi connectivity index (χ0n) is 20.7. The SMILES string of the molecule is CN1CCN(c2ccc(C(=O)N[C@H](C(=O)N3C[C@H](N=[N+]=[N-])[C@H]4OCC(=O)[C@H]43)C(C)(C)C)cc2)CC1. The fraction of sp³-hybridized carbons (Fsp3) is 0.625. The number of ketones is 1. The zero-order chi connectivity index (χ0) is 25.3. The third-order valence-corrected chi connectivity index (χ3v) is 7.03. The van der Waals surface area contributed by atoms with Crippen molar-refractivity contribution in [2.24, 2.45) is 10.5 Å². The number of likely N-dealkylation sites (tertiary alicyclic amines) is 1. The second-order valence-corrected chi connectivity index (χ2v) is 10.6. The highest BCUT2D eigenvalue weighted by Gasteiger charge is 2.53. The molecule has 11 heteroatoms. The van der Waals surface area contributed by atoms with Crippen molar-refractivity contribution in [2.75, 3.05) is 51.3 Å². The number of carbonyl (C=O) groups excluding carboxylic acids is 3. The largest absolute Gasteiger partial charge is 0.369 e. The summed E-state index contributed by atoms with van der Waals surface area (Å²) in [5, 5.41) is 6.62. The van der Waals surface area contributed by atoms with E-state index < -0.39 is 29.6 Å². The smallest absolute Gasteiger partial charge is 0.251 e. The van der Waals surface area contributed by atoms with E-state index in [1.807, 2.05) is 32.9 Å². The Bertz CT molecular complexity index is 1020. The molecule has 0 saturated carbocycles. The molecule has 188 valence electrons. The maximum Gasteiger partial charge on any atom is 0.251 e. The van der Waals surface area contributed by atoms with E-state index >= 15 is 0 Å². The molecule has 35 heavy (non-hydrogen) atoms. The topological polar surface area (TPSA) is 131 Å². The molecular weight excluding hydrogens is 450 g/mol. The van der Waals surface area contributed by atoms with Crippen LogP contribution in [-0.4, -0.2) is 98.0 Å². The average molecular weight is 484 g/mol. The number of fused-ring (bicyclic) bond motifs is 1. The summed E-state index contributed by atoms with van der Waals surface area (Å²) in [6.45, 7) is 9.37. The Hall–Kier alpha value is -3.14. The first-order valence-corrected chi connectivity index (χ1v) is 11.9. The molecule has 0 aromatic heterocycles. The number of rotatable bonds is 5. The molecule has 3 aliphatic heterocycles. The Morgan fingerprint density at radius 3 is 2.43 bits per heavy atom. The van der Waals surface area contributed by atoms with Gasteiger partial charge in [0, 0.05) is 48.9 Å². The van der Waals surface area contributed by atoms with Crippen molar-refractivity contribution >= 4 is 23.3 Å². The molecule has 0 spiro atoms. The average Bonchev–Trinajstić information content (AvgIpc) is 3.38. The highest BCUT2D eigenvalue weighted by molar-refractivity contribution is 5.99. The van der Waals surface area contributed by atoms with Crippen molar-refractivity contribution in [1.29, 1.82) is 0 Å². The van der Waals surface area contributed by atoms with Crippen LogP contribution in [0.15, 0.2) is 29.4 Å². The van der Waals surface area contributed by atoms with Gasteiger partial charge in [0.25, 0.3) is 5.91 Å². The molecule has 0 radical (unpaired) electrons. The molecule has 11 nitrogen and oxygen atoms in total. The van der Waals surface area contributed by atoms with Crippen LogP contribution in [0.3, 0.4) is 0 Å². The normalized spacial score (nSPS) is 25.7. The number of amides is 2. The summed E-state index contributed by atoms with van der Waals surface area (Å²) < 4.78 is 5.52. The maximum atomic E-state index is 13.6. The minimum Gasteiger partial charge on any atom is -0.369 e. The molecule has 0 aliphatic carbocycles. The number of hydrogen-bond donors (Lipinski definition) is 1. The van der Waals surface area contributed by atoms with E-state index in [-0.39, 0.29) is 30.7 Å². The van der Waals surface area contributed by atoms with Crippen molar-refractivity contribution in [1.82, 2.24) is 15.1 Å². The molecule has 0 unspecified atom stereocenters. The van der Waals surface area contributed by atoms with Crippen LogP contribution in [0.2, 0.25) is 0 Å². The van der Waals surface area contributed by atoms with Crippen LogP contribution >= 0.6 is 0 Å². The van der Waals surface area contributed by atoms with Crippen LogP contribution in [0.25, 0.3) is 10.4 Å². The van der Waals surface area contributed by atoms with E-state index in [1.54, 1.807) is 12.1 Å². The molecule has 3 aliphatic rings. The lowest BCUT2D eigenvalue weighted by Gasteiger charge is -2.35. The van der Waals surface area contributed by atoms with Crippen LogP contribution in [0, 0.1) is 5.41 Å². The van der Waals surface area contributed by atoms with Crippen molar-refractivity contribution < 1.29 is 19.1 Å². The lowest BCUT2D eigenvalue weighted by Crippen LogP contribution is -2.57. The minimum absolute atomic E-state index is 0.0755. The number of nitrogens with zero attached hydrogens (tertiary/aromatic N) is 6. The van der Waals surface area contributed by atoms with Crippen LogP contribution in [-0.2, 0) is 14.3 Å². The molecule has 3 heterocycles. The highest BCUT2D eigenvalue weighted by atomic mass is 16.5. The molecular formula is C24H33N7O4. The second-order valence-electron chi connectivity index (χ2n) is 10.6. The molecule has 1 aromatic carbocycles. The van der Waals surface area contributed by atoms with Crippen molar-refractivity contribution in [3.05, 3.63) is 40.3 Å². The predicted molar refractivity (Wildman–Crippen MR) is 130 cm³/mol. The summed E-state index contributed by atoms with van der Waals surface area (Å²) in [5.74, 6) is -0.971. The first-order valence-electron chi connectivity index (χ1n) is 11.9. The van der Waals surface area contributed by atoms with Crippen molar-refractivity contribution in [3.8, 4) is 0 Å². The number of nitrogens with one attached hydrogen (secondary N) is 1. The number of azide groups is 1. The number of anilines is 1. The third kappa shape index (κ3) is 5.12. The molecule has 4 atom stereocenters. The molecule has 4 rings (SSSR count). The molecule has 3 saturated heterocycles. The van der Waals surface area contributed by atoms with Gasteiger partial charge < -0.3 is 24.8 Å². The van der Waals surface area contributed by atoms with E-state index in [1.165, 1.54) is 4.90 Å². The van der Waals surface area contributed by atoms with Gasteiger partial charge in [-0.15, -0.1) is 0 Å². The van der Waals surface area contributed by atoms with Crippen LogP contribution in [0.5, 0.6) is 0 Å². The lowest BCUT2D eigenvalue weighted by atomic mass is 9.85. The molecule has 0 bridgehead atoms. The van der Waals surface area contributed by atoms with Gasteiger partial charge in [-0.3, -0.25) is 14.4 Å². The van der Waals surface area contributed by atoms with Crippen LogP contribution in [0.4, 0.5) is 5.69 Å². The summed E-state index contributed by atoms with van der Waals surface area (Å²) in [4.78, 5) is 48.1. The van der Waals surface area contributed by atoms with Gasteiger partial charge in [0.15, 0.2) is 5.78 Å². The number of hydrogen-bond acceptors (Lipinski definition) is 7. The summed E-state index contributed by atoms with van der Waals surface area (Å²) in [7, 11) is 2.10. The fourth-order valence-corrected chi connectivity index (χ4v) is 4.94. The second kappa shape index (κ2) is 9.85. The Morgan fingerprint density at radius 2 is 1.83 bits per heavy atom. The zero-order valence-corrected chi connectivity index (χ0v) is 20.7. The third-order valence-electron chi connectivity index (χ3n) is 7.03. The number of Topliss-reactive ketones (excluding diaryl/α,β-unsaturated/α-hetero) is 1. The van der Waals surface area contributed by atoms with E-state index in [4.69, 9.17) is 10.3 Å². The summed E-state index contributed by atoms with van der Waals surface area (Å²) in [5.41, 5.74) is 9.78. The van der Waals surface area contributed by atoms with Gasteiger partial charge in [0.05, 0.1) is 12.1 Å². The van der Waals surface area contributed by atoms with Gasteiger partial charge >= 0.3 is 0 Å². The van der Waals surface area contributed by atoms with Gasteiger partial charge in [-0.25, -0.2) is 0 Å². The van der Waals surface area contributed by atoms with E-state index in [2.05, 4.69) is 32.2 Å². The lowest BCUT2D eigenvalue weighted by molar-refractivity contribution is -0.140. The minimum atomic E-state index is -0.883. The monoisotopic (exact) mass is 483 g/mol. The number of piperazine rings is 1. The Labute approximate surface area is 205 Å². The van der Waals surface area contributed by atoms with Gasteiger partial charge in [0.1, 0.15) is 18.7 Å². The van der Waals surface area contributed by atoms with Crippen LogP contribution in [0.1, 0.15) is 31.1 Å². The number of benzene rings is 1. The van der Waals surface area contributed by atoms with Crippen LogP contribution < -0.4 is 10.2 Å². The van der Waals surface area contributed by atoms with E-state index in [0.29, 0.717) is 5.56 Å². The molecule has 1 aromatic rings. The van der Waals surface area contributed by atoms with Gasteiger partial charge in [-0.05, 0) is 42.3 Å². The maximum absolute atomic E-state index is 13.6. The Balaban J connectivity index is 1.49. The number of carbonyl (C=O) groups is 3. The molecule has 2 amide bonds. The standard InChI is InChI=1S/C24H33N7O4/c1-24(2,3)21(23(34)31-13-17(27-28-25)20-19(31)18(32)14-35-20)26-22(33)15-5-7-16(8-6-15)30-11-9-29(4)10-12-30/h5-8,17,19-21H,9-14H2,1-4H3,(H,26,33)/t17-,19+,20+,21+/m0/s1. The first kappa shape index (κ1) is 25.0. The predicted octanol–water partition coefficient (Wildman–Crippen LogP) is 1.44. The van der Waals surface area contributed by atoms with E-state index in [9.17, 15) is 14.4 Å².